The first-order chi connectivity index (χ1) is 12.1. The topological polar surface area (TPSA) is 92.1 Å². The Labute approximate surface area is 143 Å². The van der Waals surface area contributed by atoms with Gasteiger partial charge >= 0.3 is 0 Å². The molecule has 1 aliphatic heterocycles. The standard InChI is InChI=1S/C16H19F2N5O2/c17-11-2-1-3-12(18)15(11)14(24)8-20-16(25)13-9-23(22-21-13)10-4-6-19-7-5-10/h1-3,9-10,14,19,24H,4-8H2,(H,20,25)/t14-/m0/s1. The molecule has 134 valence electrons. The lowest BCUT2D eigenvalue weighted by Gasteiger charge is -2.22. The molecule has 7 nitrogen and oxygen atoms in total. The van der Waals surface area contributed by atoms with Crippen molar-refractivity contribution in [3.63, 3.8) is 0 Å². The lowest BCUT2D eigenvalue weighted by atomic mass is 10.1. The summed E-state index contributed by atoms with van der Waals surface area (Å²) in [5, 5.41) is 23.4. The van der Waals surface area contributed by atoms with E-state index in [1.54, 1.807) is 10.9 Å². The monoisotopic (exact) mass is 351 g/mol. The van der Waals surface area contributed by atoms with E-state index in [4.69, 9.17) is 0 Å². The van der Waals surface area contributed by atoms with E-state index in [0.29, 0.717) is 0 Å². The number of rotatable bonds is 5. The maximum absolute atomic E-state index is 13.6. The van der Waals surface area contributed by atoms with Crippen LogP contribution >= 0.6 is 0 Å². The number of nitrogens with zero attached hydrogens (tertiary/aromatic N) is 3. The van der Waals surface area contributed by atoms with Gasteiger partial charge in [0.2, 0.25) is 0 Å². The molecule has 1 aromatic heterocycles. The fourth-order valence-corrected chi connectivity index (χ4v) is 2.84. The van der Waals surface area contributed by atoms with Gasteiger partial charge in [0.05, 0.1) is 17.8 Å². The largest absolute Gasteiger partial charge is 0.386 e. The van der Waals surface area contributed by atoms with Gasteiger partial charge < -0.3 is 15.7 Å². The third-order valence-corrected chi connectivity index (χ3v) is 4.21. The molecule has 0 saturated carbocycles. The molecule has 3 rings (SSSR count). The van der Waals surface area contributed by atoms with Crippen LogP contribution in [0.4, 0.5) is 8.78 Å². The first-order valence-electron chi connectivity index (χ1n) is 8.09. The van der Waals surface area contributed by atoms with Crippen molar-refractivity contribution in [1.29, 1.82) is 0 Å². The van der Waals surface area contributed by atoms with E-state index in [-0.39, 0.29) is 18.3 Å². The predicted octanol–water partition coefficient (Wildman–Crippen LogP) is 0.944. The summed E-state index contributed by atoms with van der Waals surface area (Å²) in [6.07, 6.45) is 1.84. The van der Waals surface area contributed by atoms with E-state index in [9.17, 15) is 18.7 Å². The molecule has 0 unspecified atom stereocenters. The summed E-state index contributed by atoms with van der Waals surface area (Å²) in [6, 6.07) is 3.49. The number of piperidine rings is 1. The molecule has 0 spiro atoms. The zero-order valence-corrected chi connectivity index (χ0v) is 13.5. The molecular weight excluding hydrogens is 332 g/mol. The third kappa shape index (κ3) is 3.99. The number of hydrogen-bond acceptors (Lipinski definition) is 5. The van der Waals surface area contributed by atoms with E-state index >= 15 is 0 Å². The number of nitrogens with one attached hydrogen (secondary N) is 2. The molecule has 2 aromatic rings. The Bertz CT molecular complexity index is 726. The van der Waals surface area contributed by atoms with Crippen LogP contribution in [0.5, 0.6) is 0 Å². The molecule has 0 radical (unpaired) electrons. The molecular formula is C16H19F2N5O2. The third-order valence-electron chi connectivity index (χ3n) is 4.21. The Balaban J connectivity index is 1.60. The molecule has 1 amide bonds. The molecule has 1 atom stereocenters. The number of carbonyl (C=O) groups is 1. The molecule has 9 heteroatoms. The molecule has 1 aliphatic rings. The van der Waals surface area contributed by atoms with E-state index in [0.717, 1.165) is 38.1 Å². The molecule has 1 saturated heterocycles. The minimum atomic E-state index is -1.50. The van der Waals surface area contributed by atoms with Gasteiger partial charge in [-0.2, -0.15) is 0 Å². The van der Waals surface area contributed by atoms with Crippen LogP contribution in [0.25, 0.3) is 0 Å². The Hall–Kier alpha value is -2.39. The van der Waals surface area contributed by atoms with Crippen molar-refractivity contribution in [3.05, 3.63) is 47.3 Å². The quantitative estimate of drug-likeness (QED) is 0.746. The lowest BCUT2D eigenvalue weighted by Crippen LogP contribution is -2.30. The number of amides is 1. The molecule has 0 aliphatic carbocycles. The Kier molecular flexibility index (Phi) is 5.34. The number of aliphatic hydroxyl groups excluding tert-OH is 1. The summed E-state index contributed by atoms with van der Waals surface area (Å²) in [4.78, 5) is 12.1. The van der Waals surface area contributed by atoms with Crippen LogP contribution in [-0.4, -0.2) is 45.6 Å². The van der Waals surface area contributed by atoms with Gasteiger partial charge in [-0.15, -0.1) is 5.10 Å². The average Bonchev–Trinajstić information content (AvgIpc) is 3.10. The SMILES string of the molecule is O=C(NC[C@H](O)c1c(F)cccc1F)c1cn(C2CCNCC2)nn1. The zero-order valence-electron chi connectivity index (χ0n) is 13.5. The summed E-state index contributed by atoms with van der Waals surface area (Å²) in [7, 11) is 0. The van der Waals surface area contributed by atoms with Crippen LogP contribution in [0.3, 0.4) is 0 Å². The van der Waals surface area contributed by atoms with Crippen molar-refractivity contribution in [2.75, 3.05) is 19.6 Å². The number of halogens is 2. The molecule has 1 fully saturated rings. The molecule has 0 bridgehead atoms. The predicted molar refractivity (Wildman–Crippen MR) is 84.8 cm³/mol. The van der Waals surface area contributed by atoms with Crippen molar-refractivity contribution in [3.8, 4) is 0 Å². The minimum absolute atomic E-state index is 0.0970. The van der Waals surface area contributed by atoms with E-state index in [1.165, 1.54) is 6.07 Å². The van der Waals surface area contributed by atoms with Gasteiger partial charge in [-0.25, -0.2) is 13.5 Å². The second kappa shape index (κ2) is 7.66. The van der Waals surface area contributed by atoms with E-state index in [2.05, 4.69) is 20.9 Å². The summed E-state index contributed by atoms with van der Waals surface area (Å²) in [5.41, 5.74) is -0.374. The van der Waals surface area contributed by atoms with Gasteiger partial charge in [0.15, 0.2) is 5.69 Å². The highest BCUT2D eigenvalue weighted by atomic mass is 19.1. The molecule has 25 heavy (non-hydrogen) atoms. The van der Waals surface area contributed by atoms with Gasteiger partial charge in [-0.1, -0.05) is 11.3 Å². The lowest BCUT2D eigenvalue weighted by molar-refractivity contribution is 0.0906. The van der Waals surface area contributed by atoms with Crippen molar-refractivity contribution in [1.82, 2.24) is 25.6 Å². The first-order valence-corrected chi connectivity index (χ1v) is 8.09. The minimum Gasteiger partial charge on any atom is -0.386 e. The number of hydrogen-bond donors (Lipinski definition) is 3. The van der Waals surface area contributed by atoms with Crippen LogP contribution in [0.1, 0.15) is 41.0 Å². The van der Waals surface area contributed by atoms with Crippen LogP contribution in [0.15, 0.2) is 24.4 Å². The van der Waals surface area contributed by atoms with Gasteiger partial charge in [-0.3, -0.25) is 4.79 Å². The number of aromatic nitrogens is 3. The number of benzene rings is 1. The Morgan fingerprint density at radius 2 is 2.04 bits per heavy atom. The molecule has 2 heterocycles. The van der Waals surface area contributed by atoms with Crippen molar-refractivity contribution in [2.45, 2.75) is 25.0 Å². The second-order valence-electron chi connectivity index (χ2n) is 5.93. The van der Waals surface area contributed by atoms with Gasteiger partial charge in [-0.05, 0) is 38.1 Å². The Morgan fingerprint density at radius 3 is 2.72 bits per heavy atom. The summed E-state index contributed by atoms with van der Waals surface area (Å²) >= 11 is 0. The first kappa shape index (κ1) is 17.4. The van der Waals surface area contributed by atoms with Crippen LogP contribution < -0.4 is 10.6 Å². The molecule has 3 N–H and O–H groups in total. The van der Waals surface area contributed by atoms with Crippen LogP contribution in [0, 0.1) is 11.6 Å². The fraction of sp³-hybridized carbons (Fsp3) is 0.438. The van der Waals surface area contributed by atoms with Crippen molar-refractivity contribution in [2.24, 2.45) is 0 Å². The van der Waals surface area contributed by atoms with E-state index < -0.39 is 29.2 Å². The summed E-state index contributed by atoms with van der Waals surface area (Å²) in [6.45, 7) is 1.43. The highest BCUT2D eigenvalue weighted by Gasteiger charge is 2.21. The average molecular weight is 351 g/mol. The summed E-state index contributed by atoms with van der Waals surface area (Å²) in [5.74, 6) is -2.28. The van der Waals surface area contributed by atoms with Crippen molar-refractivity contribution >= 4 is 5.91 Å². The van der Waals surface area contributed by atoms with Crippen molar-refractivity contribution < 1.29 is 18.7 Å². The zero-order chi connectivity index (χ0) is 17.8. The second-order valence-corrected chi connectivity index (χ2v) is 5.93. The normalized spacial score (nSPS) is 16.6. The van der Waals surface area contributed by atoms with Crippen LogP contribution in [-0.2, 0) is 0 Å². The number of aliphatic hydroxyl groups is 1. The fourth-order valence-electron chi connectivity index (χ4n) is 2.84. The number of carbonyl (C=O) groups excluding carboxylic acids is 1. The Morgan fingerprint density at radius 1 is 1.36 bits per heavy atom. The van der Waals surface area contributed by atoms with Gasteiger partial charge in [0, 0.05) is 6.54 Å². The highest BCUT2D eigenvalue weighted by molar-refractivity contribution is 5.91. The van der Waals surface area contributed by atoms with Gasteiger partial charge in [0.1, 0.15) is 17.7 Å². The van der Waals surface area contributed by atoms with Gasteiger partial charge in [0.25, 0.3) is 5.91 Å². The highest BCUT2D eigenvalue weighted by Crippen LogP contribution is 2.20. The maximum atomic E-state index is 13.6. The smallest absolute Gasteiger partial charge is 0.273 e. The maximum Gasteiger partial charge on any atom is 0.273 e. The van der Waals surface area contributed by atoms with Crippen LogP contribution in [0.2, 0.25) is 0 Å². The summed E-state index contributed by atoms with van der Waals surface area (Å²) < 4.78 is 28.9. The van der Waals surface area contributed by atoms with E-state index in [1.807, 2.05) is 0 Å². The molecule has 1 aromatic carbocycles.